The minimum absolute atomic E-state index is 0. The van der Waals surface area contributed by atoms with Crippen LogP contribution in [0.4, 0.5) is 0 Å². The van der Waals surface area contributed by atoms with Gasteiger partial charge in [-0.1, -0.05) is 14.4 Å². The van der Waals surface area contributed by atoms with Gasteiger partial charge in [0.25, 0.3) is 5.56 Å². The Bertz CT molecular complexity index is 1230. The number of carbonyl (C=O) groups excluding carboxylic acids is 1. The van der Waals surface area contributed by atoms with Gasteiger partial charge in [0.2, 0.25) is 0 Å². The predicted octanol–water partition coefficient (Wildman–Crippen LogP) is 2.72. The molecule has 0 saturated carbocycles. The summed E-state index contributed by atoms with van der Waals surface area (Å²) >= 11 is 0. The van der Waals surface area contributed by atoms with Crippen LogP contribution in [0.1, 0.15) is 37.5 Å². The fraction of sp³-hybridized carbons (Fsp3) is 0.318. The molecule has 0 spiro atoms. The molecular weight excluding hydrogens is 372 g/mol. The van der Waals surface area contributed by atoms with Crippen molar-refractivity contribution in [2.45, 2.75) is 39.5 Å². The first-order valence-electron chi connectivity index (χ1n) is 9.11. The minimum Gasteiger partial charge on any atom is -0.497 e. The smallest absolute Gasteiger partial charge is 0.343 e. The number of hydrogen-bond donors (Lipinski definition) is 1. The third-order valence-electron chi connectivity index (χ3n) is 5.71. The molecule has 5 rings (SSSR count). The summed E-state index contributed by atoms with van der Waals surface area (Å²) in [6.07, 6.45) is 0.125. The van der Waals surface area contributed by atoms with Crippen LogP contribution in [0, 0.1) is 0 Å². The number of cyclic esters (lactones) is 1. The van der Waals surface area contributed by atoms with E-state index in [1.807, 2.05) is 24.3 Å². The molecule has 2 aromatic heterocycles. The quantitative estimate of drug-likeness (QED) is 0.526. The van der Waals surface area contributed by atoms with Crippen LogP contribution in [0.3, 0.4) is 0 Å². The number of aromatic nitrogens is 2. The molecule has 0 amide bonds. The van der Waals surface area contributed by atoms with Gasteiger partial charge in [-0.2, -0.15) is 0 Å². The first-order valence-corrected chi connectivity index (χ1v) is 9.11. The first-order chi connectivity index (χ1) is 13.5. The Labute approximate surface area is 167 Å². The van der Waals surface area contributed by atoms with Crippen molar-refractivity contribution in [3.63, 3.8) is 0 Å². The molecule has 7 heteroatoms. The van der Waals surface area contributed by atoms with Gasteiger partial charge in [0.1, 0.15) is 12.4 Å². The van der Waals surface area contributed by atoms with Crippen molar-refractivity contribution < 1.29 is 19.4 Å². The molecule has 0 fully saturated rings. The van der Waals surface area contributed by atoms with Gasteiger partial charge in [-0.05, 0) is 36.8 Å². The van der Waals surface area contributed by atoms with Crippen molar-refractivity contribution in [2.75, 3.05) is 7.11 Å². The minimum atomic E-state index is -1.81. The molecule has 0 aliphatic carbocycles. The van der Waals surface area contributed by atoms with E-state index in [-0.39, 0.29) is 26.0 Å². The molecule has 2 aliphatic heterocycles. The van der Waals surface area contributed by atoms with E-state index in [1.54, 1.807) is 24.7 Å². The summed E-state index contributed by atoms with van der Waals surface area (Å²) in [5.74, 6) is 0.0182. The summed E-state index contributed by atoms with van der Waals surface area (Å²) in [6, 6.07) is 9.33. The summed E-state index contributed by atoms with van der Waals surface area (Å²) in [5, 5.41) is 11.8. The van der Waals surface area contributed by atoms with E-state index in [4.69, 9.17) is 14.5 Å². The average molecular weight is 394 g/mol. The van der Waals surface area contributed by atoms with E-state index in [9.17, 15) is 14.7 Å². The maximum atomic E-state index is 13.1. The molecule has 0 saturated heterocycles. The number of ether oxygens (including phenoxy) is 2. The van der Waals surface area contributed by atoms with Crippen LogP contribution < -0.4 is 10.3 Å². The number of methoxy groups -OCH3 is 1. The first kappa shape index (κ1) is 19.1. The number of esters is 1. The molecule has 0 bridgehead atoms. The Balaban J connectivity index is 0.00000205. The Morgan fingerprint density at radius 1 is 1.28 bits per heavy atom. The summed E-state index contributed by atoms with van der Waals surface area (Å²) < 4.78 is 12.0. The second-order valence-corrected chi connectivity index (χ2v) is 7.16. The molecule has 1 aromatic carbocycles. The summed E-state index contributed by atoms with van der Waals surface area (Å²) in [6.45, 7) is 1.95. The van der Waals surface area contributed by atoms with Crippen molar-refractivity contribution >= 4 is 16.9 Å². The van der Waals surface area contributed by atoms with Crippen LogP contribution in [-0.2, 0) is 28.3 Å². The Kier molecular flexibility index (Phi) is 4.24. The SMILES string of the molecule is C.CCC1(O)C(=O)OCc2c1cc1n(c2=O)Cc2cc3cc(OC)ccc3nc2-1. The summed E-state index contributed by atoms with van der Waals surface area (Å²) in [4.78, 5) is 30.0. The molecule has 1 atom stereocenters. The highest BCUT2D eigenvalue weighted by Crippen LogP contribution is 2.38. The monoisotopic (exact) mass is 394 g/mol. The maximum absolute atomic E-state index is 13.1. The maximum Gasteiger partial charge on any atom is 0.343 e. The number of pyridine rings is 2. The molecule has 2 aliphatic rings. The van der Waals surface area contributed by atoms with Gasteiger partial charge in [0.15, 0.2) is 5.60 Å². The van der Waals surface area contributed by atoms with Crippen LogP contribution in [0.5, 0.6) is 5.75 Å². The summed E-state index contributed by atoms with van der Waals surface area (Å²) in [5.41, 5.74) is 1.57. The number of fused-ring (bicyclic) bond motifs is 5. The van der Waals surface area contributed by atoms with Gasteiger partial charge in [-0.3, -0.25) is 4.79 Å². The molecular formula is C22H22N2O5. The lowest BCUT2D eigenvalue weighted by Gasteiger charge is -2.31. The predicted molar refractivity (Wildman–Crippen MR) is 108 cm³/mol. The van der Waals surface area contributed by atoms with Gasteiger partial charge in [0.05, 0.1) is 36.1 Å². The fourth-order valence-electron chi connectivity index (χ4n) is 4.09. The third kappa shape index (κ3) is 2.50. The zero-order chi connectivity index (χ0) is 19.6. The van der Waals surface area contributed by atoms with Crippen LogP contribution in [0.15, 0.2) is 35.1 Å². The molecule has 3 aromatic rings. The molecule has 150 valence electrons. The lowest BCUT2D eigenvalue weighted by atomic mass is 9.86. The van der Waals surface area contributed by atoms with E-state index in [1.165, 1.54) is 0 Å². The van der Waals surface area contributed by atoms with Crippen molar-refractivity contribution in [3.8, 4) is 17.1 Å². The normalized spacial score (nSPS) is 19.1. The summed E-state index contributed by atoms with van der Waals surface area (Å²) in [7, 11) is 1.61. The Hall–Kier alpha value is -3.19. The number of benzene rings is 1. The second-order valence-electron chi connectivity index (χ2n) is 7.16. The zero-order valence-corrected chi connectivity index (χ0v) is 15.5. The number of hydrogen-bond acceptors (Lipinski definition) is 6. The van der Waals surface area contributed by atoms with E-state index in [0.29, 0.717) is 29.1 Å². The van der Waals surface area contributed by atoms with Crippen molar-refractivity contribution in [1.82, 2.24) is 9.55 Å². The van der Waals surface area contributed by atoms with Crippen molar-refractivity contribution in [3.05, 3.63) is 57.4 Å². The van der Waals surface area contributed by atoms with Gasteiger partial charge in [-0.25, -0.2) is 9.78 Å². The van der Waals surface area contributed by atoms with E-state index >= 15 is 0 Å². The molecule has 4 heterocycles. The Morgan fingerprint density at radius 3 is 2.79 bits per heavy atom. The standard InChI is InChI=1S/C21H18N2O5.CH4/c1-3-21(26)15-8-17-18-12(6-11-7-13(27-2)4-5-16(11)22-18)9-23(17)19(24)14(15)10-28-20(21)25;/h4-8,26H,3,9-10H2,1-2H3;1H4. The molecule has 1 N–H and O–H groups in total. The average Bonchev–Trinajstić information content (AvgIpc) is 3.07. The van der Waals surface area contributed by atoms with E-state index in [0.717, 1.165) is 22.2 Å². The Morgan fingerprint density at radius 2 is 2.07 bits per heavy atom. The third-order valence-corrected chi connectivity index (χ3v) is 5.71. The van der Waals surface area contributed by atoms with Crippen molar-refractivity contribution in [2.24, 2.45) is 0 Å². The van der Waals surface area contributed by atoms with Crippen molar-refractivity contribution in [1.29, 1.82) is 0 Å². The fourth-order valence-corrected chi connectivity index (χ4v) is 4.09. The highest BCUT2D eigenvalue weighted by Gasteiger charge is 2.45. The second kappa shape index (κ2) is 6.42. The lowest BCUT2D eigenvalue weighted by molar-refractivity contribution is -0.172. The van der Waals surface area contributed by atoms with Gasteiger partial charge in [0, 0.05) is 16.5 Å². The number of aliphatic hydroxyl groups is 1. The zero-order valence-electron chi connectivity index (χ0n) is 15.5. The van der Waals surface area contributed by atoms with Gasteiger partial charge in [-0.15, -0.1) is 0 Å². The largest absolute Gasteiger partial charge is 0.497 e. The van der Waals surface area contributed by atoms with Gasteiger partial charge < -0.3 is 19.1 Å². The topological polar surface area (TPSA) is 90.7 Å². The number of carbonyl (C=O) groups is 1. The number of nitrogens with zero attached hydrogens (tertiary/aromatic N) is 2. The molecule has 0 radical (unpaired) electrons. The highest BCUT2D eigenvalue weighted by atomic mass is 16.6. The number of rotatable bonds is 2. The highest BCUT2D eigenvalue weighted by molar-refractivity contribution is 5.86. The molecule has 7 nitrogen and oxygen atoms in total. The van der Waals surface area contributed by atoms with Crippen LogP contribution >= 0.6 is 0 Å². The van der Waals surface area contributed by atoms with Crippen LogP contribution in [0.2, 0.25) is 0 Å². The van der Waals surface area contributed by atoms with E-state index < -0.39 is 11.6 Å². The van der Waals surface area contributed by atoms with Crippen LogP contribution in [0.25, 0.3) is 22.3 Å². The van der Waals surface area contributed by atoms with Crippen LogP contribution in [-0.4, -0.2) is 27.7 Å². The van der Waals surface area contributed by atoms with Gasteiger partial charge >= 0.3 is 5.97 Å². The van der Waals surface area contributed by atoms with E-state index in [2.05, 4.69) is 0 Å². The molecule has 29 heavy (non-hydrogen) atoms. The lowest BCUT2D eigenvalue weighted by Crippen LogP contribution is -2.44. The molecule has 1 unspecified atom stereocenters.